The fourth-order valence-electron chi connectivity index (χ4n) is 10.1. The molecular formula is C31H48O3. The molecule has 3 saturated carbocycles. The molecule has 1 spiro atoms. The molecule has 5 aliphatic rings. The van der Waals surface area contributed by atoms with E-state index >= 15 is 0 Å². The first-order chi connectivity index (χ1) is 15.9. The number of aliphatic hydroxyl groups excluding tert-OH is 1. The third kappa shape index (κ3) is 2.81. The number of hydrogen-bond acceptors (Lipinski definition) is 3. The van der Waals surface area contributed by atoms with Crippen LogP contribution < -0.4 is 0 Å². The first-order valence-electron chi connectivity index (χ1n) is 13.8. The van der Waals surface area contributed by atoms with Gasteiger partial charge in [0.15, 0.2) is 6.29 Å². The number of ether oxygens (including phenoxy) is 2. The topological polar surface area (TPSA) is 38.7 Å². The molecule has 0 radical (unpaired) electrons. The molecule has 2 unspecified atom stereocenters. The van der Waals surface area contributed by atoms with E-state index in [9.17, 15) is 5.11 Å². The Bertz CT molecular complexity index is 902. The minimum atomic E-state index is -0.426. The lowest BCUT2D eigenvalue weighted by atomic mass is 9.38. The monoisotopic (exact) mass is 468 g/mol. The summed E-state index contributed by atoms with van der Waals surface area (Å²) in [6.07, 6.45) is 17.0. The molecule has 190 valence electrons. The van der Waals surface area contributed by atoms with Crippen molar-refractivity contribution in [1.82, 2.24) is 0 Å². The average Bonchev–Trinajstić information content (AvgIpc) is 3.15. The maximum atomic E-state index is 11.0. The number of rotatable bonds is 5. The van der Waals surface area contributed by atoms with Crippen molar-refractivity contribution in [3.8, 4) is 0 Å². The first kappa shape index (κ1) is 24.8. The van der Waals surface area contributed by atoms with Gasteiger partial charge in [0.05, 0.1) is 6.10 Å². The lowest BCUT2D eigenvalue weighted by molar-refractivity contribution is -0.225. The number of allylic oxidation sites excluding steroid dienone is 4. The van der Waals surface area contributed by atoms with Gasteiger partial charge in [0.2, 0.25) is 0 Å². The minimum absolute atomic E-state index is 0.00710. The van der Waals surface area contributed by atoms with Gasteiger partial charge in [0.1, 0.15) is 5.60 Å². The van der Waals surface area contributed by atoms with Crippen LogP contribution in [0.1, 0.15) is 86.5 Å². The van der Waals surface area contributed by atoms with Gasteiger partial charge in [-0.1, -0.05) is 71.1 Å². The lowest BCUT2D eigenvalue weighted by Crippen LogP contribution is -2.65. The summed E-state index contributed by atoms with van der Waals surface area (Å²) in [4.78, 5) is 0. The summed E-state index contributed by atoms with van der Waals surface area (Å²) in [5, 5.41) is 11.0. The van der Waals surface area contributed by atoms with Crippen molar-refractivity contribution >= 4 is 0 Å². The standard InChI is InChI=1S/C31H48O3/c1-20(2)10-9-11-21(3)22-14-16-29(7)23-15-17-31-24(12-13-25(32)27(31,4)5)30(23,26(33-8)34-31)19-18-28(22,29)6/h9-10,15,17,21-26,32H,1,11-14,16,18-19H2,2-8H3/b10-9+/t21-,22-,23+,24?,25+,26?,28-,29+,30+,31-/m1/s1. The molecule has 3 nitrogen and oxygen atoms in total. The second-order valence-electron chi connectivity index (χ2n) is 13.7. The molecule has 1 heterocycles. The molecule has 4 fully saturated rings. The van der Waals surface area contributed by atoms with Crippen molar-refractivity contribution < 1.29 is 14.6 Å². The van der Waals surface area contributed by atoms with Crippen molar-refractivity contribution in [3.05, 3.63) is 36.5 Å². The molecule has 0 aromatic carbocycles. The molecule has 3 heteroatoms. The Labute approximate surface area is 208 Å². The summed E-state index contributed by atoms with van der Waals surface area (Å²) in [6, 6.07) is 0. The maximum absolute atomic E-state index is 11.0. The van der Waals surface area contributed by atoms with Gasteiger partial charge < -0.3 is 14.6 Å². The van der Waals surface area contributed by atoms with Crippen LogP contribution in [0.5, 0.6) is 0 Å². The maximum Gasteiger partial charge on any atom is 0.164 e. The molecule has 1 N–H and O–H groups in total. The molecule has 1 aliphatic heterocycles. The van der Waals surface area contributed by atoms with Gasteiger partial charge in [-0.05, 0) is 80.5 Å². The normalized spacial score (nSPS) is 51.7. The molecule has 0 aromatic rings. The van der Waals surface area contributed by atoms with Gasteiger partial charge in [0.25, 0.3) is 0 Å². The van der Waals surface area contributed by atoms with E-state index in [-0.39, 0.29) is 28.6 Å². The third-order valence-corrected chi connectivity index (χ3v) is 12.3. The SMILES string of the molecule is C=C(C)/C=C/C[C@@H](C)[C@H]1CC[C@@]2(C)[C@@H]3C=C[C@@]45OC(OC)[C@]3(CC[C@]12C)C4CC[C@H](O)C5(C)C. The highest BCUT2D eigenvalue weighted by Crippen LogP contribution is 2.78. The summed E-state index contributed by atoms with van der Waals surface area (Å²) >= 11 is 0. The van der Waals surface area contributed by atoms with Crippen LogP contribution in [-0.2, 0) is 9.47 Å². The van der Waals surface area contributed by atoms with E-state index in [2.05, 4.69) is 72.4 Å². The van der Waals surface area contributed by atoms with Crippen LogP contribution in [0, 0.1) is 45.3 Å². The fourth-order valence-corrected chi connectivity index (χ4v) is 10.1. The largest absolute Gasteiger partial charge is 0.392 e. The van der Waals surface area contributed by atoms with Crippen molar-refractivity contribution in [2.75, 3.05) is 7.11 Å². The van der Waals surface area contributed by atoms with E-state index in [0.29, 0.717) is 23.2 Å². The Morgan fingerprint density at radius 2 is 1.88 bits per heavy atom. The second-order valence-corrected chi connectivity index (χ2v) is 13.7. The van der Waals surface area contributed by atoms with E-state index in [1.54, 1.807) is 0 Å². The predicted octanol–water partition coefficient (Wildman–Crippen LogP) is 7.07. The molecule has 4 aliphatic carbocycles. The van der Waals surface area contributed by atoms with Crippen LogP contribution in [0.25, 0.3) is 0 Å². The molecule has 0 aromatic heterocycles. The zero-order valence-electron chi connectivity index (χ0n) is 22.7. The van der Waals surface area contributed by atoms with Crippen LogP contribution in [-0.4, -0.2) is 30.2 Å². The molecule has 2 bridgehead atoms. The number of hydrogen-bond donors (Lipinski definition) is 1. The van der Waals surface area contributed by atoms with Crippen LogP contribution in [0.2, 0.25) is 0 Å². The van der Waals surface area contributed by atoms with Gasteiger partial charge in [-0.15, -0.1) is 0 Å². The van der Waals surface area contributed by atoms with Crippen LogP contribution >= 0.6 is 0 Å². The molecule has 1 saturated heterocycles. The summed E-state index contributed by atoms with van der Waals surface area (Å²) in [5.74, 6) is 2.27. The predicted molar refractivity (Wildman–Crippen MR) is 138 cm³/mol. The lowest BCUT2D eigenvalue weighted by Gasteiger charge is -2.65. The minimum Gasteiger partial charge on any atom is -0.392 e. The van der Waals surface area contributed by atoms with Gasteiger partial charge in [0, 0.05) is 23.9 Å². The van der Waals surface area contributed by atoms with E-state index < -0.39 is 5.60 Å². The second kappa shape index (κ2) is 7.80. The average molecular weight is 469 g/mol. The number of fused-ring (bicyclic) bond motifs is 2. The van der Waals surface area contributed by atoms with Crippen LogP contribution in [0.15, 0.2) is 36.5 Å². The molecule has 5 rings (SSSR count). The Morgan fingerprint density at radius 3 is 2.56 bits per heavy atom. The van der Waals surface area contributed by atoms with E-state index in [1.807, 2.05) is 7.11 Å². The smallest absolute Gasteiger partial charge is 0.164 e. The van der Waals surface area contributed by atoms with E-state index in [4.69, 9.17) is 9.47 Å². The van der Waals surface area contributed by atoms with Gasteiger partial charge in [-0.3, -0.25) is 0 Å². The van der Waals surface area contributed by atoms with Crippen LogP contribution in [0.3, 0.4) is 0 Å². The Kier molecular flexibility index (Phi) is 5.68. The van der Waals surface area contributed by atoms with E-state index in [0.717, 1.165) is 37.2 Å². The Morgan fingerprint density at radius 1 is 1.15 bits per heavy atom. The highest BCUT2D eigenvalue weighted by Gasteiger charge is 2.78. The van der Waals surface area contributed by atoms with E-state index in [1.165, 1.54) is 19.3 Å². The van der Waals surface area contributed by atoms with Crippen molar-refractivity contribution in [2.45, 2.75) is 104 Å². The van der Waals surface area contributed by atoms with Gasteiger partial charge in [-0.2, -0.15) is 0 Å². The highest BCUT2D eigenvalue weighted by atomic mass is 16.7. The summed E-state index contributed by atoms with van der Waals surface area (Å²) in [5.41, 5.74) is 0.945. The Balaban J connectivity index is 1.54. The summed E-state index contributed by atoms with van der Waals surface area (Å²) in [6.45, 7) is 18.2. The highest BCUT2D eigenvalue weighted by molar-refractivity contribution is 5.34. The van der Waals surface area contributed by atoms with Crippen molar-refractivity contribution in [1.29, 1.82) is 0 Å². The third-order valence-electron chi connectivity index (χ3n) is 12.3. The fraction of sp³-hybridized carbons (Fsp3) is 0.806. The summed E-state index contributed by atoms with van der Waals surface area (Å²) < 4.78 is 13.2. The molecule has 0 amide bonds. The molecule has 34 heavy (non-hydrogen) atoms. The van der Waals surface area contributed by atoms with Crippen molar-refractivity contribution in [2.24, 2.45) is 45.3 Å². The van der Waals surface area contributed by atoms with Crippen molar-refractivity contribution in [3.63, 3.8) is 0 Å². The number of aliphatic hydroxyl groups is 1. The zero-order chi connectivity index (χ0) is 24.7. The molecule has 10 atom stereocenters. The van der Waals surface area contributed by atoms with Crippen LogP contribution in [0.4, 0.5) is 0 Å². The Hall–Kier alpha value is -0.900. The van der Waals surface area contributed by atoms with Gasteiger partial charge in [-0.25, -0.2) is 0 Å². The first-order valence-corrected chi connectivity index (χ1v) is 13.8. The van der Waals surface area contributed by atoms with Gasteiger partial charge >= 0.3 is 0 Å². The number of methoxy groups -OCH3 is 1. The summed E-state index contributed by atoms with van der Waals surface area (Å²) in [7, 11) is 1.84. The molecular weight excluding hydrogens is 420 g/mol. The quantitative estimate of drug-likeness (QED) is 0.346. The zero-order valence-corrected chi connectivity index (χ0v) is 22.7.